The molecule has 2 unspecified atom stereocenters. The first-order valence-electron chi connectivity index (χ1n) is 7.19. The number of halogens is 1. The maximum absolute atomic E-state index is 4.48. The third-order valence-electron chi connectivity index (χ3n) is 4.23. The van der Waals surface area contributed by atoms with Crippen LogP contribution < -0.4 is 5.32 Å². The quantitative estimate of drug-likeness (QED) is 0.907. The first kappa shape index (κ1) is 14.7. The molecular weight excluding hydrogens is 332 g/mol. The summed E-state index contributed by atoms with van der Waals surface area (Å²) in [5.74, 6) is 0.871. The van der Waals surface area contributed by atoms with Crippen LogP contribution in [0, 0.1) is 0 Å². The minimum atomic E-state index is 0.304. The van der Waals surface area contributed by atoms with Gasteiger partial charge < -0.3 is 10.2 Å². The predicted molar refractivity (Wildman–Crippen MR) is 87.7 cm³/mol. The van der Waals surface area contributed by atoms with E-state index in [2.05, 4.69) is 62.1 Å². The molecule has 114 valence electrons. The van der Waals surface area contributed by atoms with Crippen molar-refractivity contribution in [2.75, 3.05) is 39.0 Å². The number of aromatic nitrogens is 3. The molecule has 0 bridgehead atoms. The average molecular weight is 353 g/mol. The highest BCUT2D eigenvalue weighted by atomic mass is 79.9. The van der Waals surface area contributed by atoms with Gasteiger partial charge in [-0.1, -0.05) is 0 Å². The molecule has 1 aliphatic heterocycles. The van der Waals surface area contributed by atoms with Crippen molar-refractivity contribution in [3.8, 4) is 0 Å². The molecule has 2 aromatic heterocycles. The van der Waals surface area contributed by atoms with Crippen LogP contribution in [0.4, 0.5) is 5.82 Å². The molecule has 1 saturated heterocycles. The highest BCUT2D eigenvalue weighted by Gasteiger charge is 2.27. The molecule has 3 rings (SSSR count). The van der Waals surface area contributed by atoms with Crippen molar-refractivity contribution >= 4 is 27.3 Å². The summed E-state index contributed by atoms with van der Waals surface area (Å²) in [5, 5.41) is 7.86. The lowest BCUT2D eigenvalue weighted by atomic mass is 10.1. The van der Waals surface area contributed by atoms with E-state index >= 15 is 0 Å². The van der Waals surface area contributed by atoms with Gasteiger partial charge in [-0.15, -0.1) is 0 Å². The molecule has 1 fully saturated rings. The third-order valence-corrected chi connectivity index (χ3v) is 4.81. The van der Waals surface area contributed by atoms with E-state index in [1.165, 1.54) is 0 Å². The maximum atomic E-state index is 4.48. The lowest BCUT2D eigenvalue weighted by molar-refractivity contribution is 0.105. The molecule has 0 saturated carbocycles. The molecule has 0 radical (unpaired) electrons. The summed E-state index contributed by atoms with van der Waals surface area (Å²) in [4.78, 5) is 9.29. The number of anilines is 1. The zero-order chi connectivity index (χ0) is 15.0. The number of hydrogen-bond acceptors (Lipinski definition) is 5. The third kappa shape index (κ3) is 2.90. The Morgan fingerprint density at radius 3 is 3.00 bits per heavy atom. The van der Waals surface area contributed by atoms with Gasteiger partial charge in [0.15, 0.2) is 5.82 Å². The van der Waals surface area contributed by atoms with E-state index in [1.807, 2.05) is 10.7 Å². The Kier molecular flexibility index (Phi) is 4.14. The topological polar surface area (TPSA) is 48.7 Å². The van der Waals surface area contributed by atoms with Crippen LogP contribution in [-0.4, -0.2) is 70.2 Å². The molecule has 7 heteroatoms. The fourth-order valence-electron chi connectivity index (χ4n) is 2.91. The molecule has 1 N–H and O–H groups in total. The first-order chi connectivity index (χ1) is 10.1. The fraction of sp³-hybridized carbons (Fsp3) is 0.571. The van der Waals surface area contributed by atoms with Crippen LogP contribution in [0.3, 0.4) is 0 Å². The van der Waals surface area contributed by atoms with E-state index in [0.717, 1.165) is 35.4 Å². The second kappa shape index (κ2) is 5.90. The lowest BCUT2D eigenvalue weighted by Gasteiger charge is -2.41. The van der Waals surface area contributed by atoms with Gasteiger partial charge in [-0.3, -0.25) is 4.90 Å². The van der Waals surface area contributed by atoms with Crippen LogP contribution >= 0.6 is 15.9 Å². The van der Waals surface area contributed by atoms with E-state index in [4.69, 9.17) is 0 Å². The molecule has 6 nitrogen and oxygen atoms in total. The predicted octanol–water partition coefficient (Wildman–Crippen LogP) is 1.54. The second-order valence-corrected chi connectivity index (χ2v) is 6.66. The van der Waals surface area contributed by atoms with Gasteiger partial charge >= 0.3 is 0 Å². The van der Waals surface area contributed by atoms with E-state index < -0.39 is 0 Å². The number of hydrogen-bond donors (Lipinski definition) is 1. The van der Waals surface area contributed by atoms with Crippen molar-refractivity contribution < 1.29 is 0 Å². The second-order valence-electron chi connectivity index (χ2n) is 5.80. The van der Waals surface area contributed by atoms with Crippen molar-refractivity contribution in [1.29, 1.82) is 0 Å². The van der Waals surface area contributed by atoms with Crippen molar-refractivity contribution in [3.63, 3.8) is 0 Å². The van der Waals surface area contributed by atoms with E-state index in [1.54, 1.807) is 12.4 Å². The van der Waals surface area contributed by atoms with Crippen molar-refractivity contribution in [3.05, 3.63) is 23.1 Å². The summed E-state index contributed by atoms with van der Waals surface area (Å²) in [6.07, 6.45) is 5.43. The highest BCUT2D eigenvalue weighted by molar-refractivity contribution is 9.10. The summed E-state index contributed by atoms with van der Waals surface area (Å²) >= 11 is 3.54. The molecular formula is C14H21BrN6. The van der Waals surface area contributed by atoms with Crippen LogP contribution in [0.15, 0.2) is 23.1 Å². The van der Waals surface area contributed by atoms with Gasteiger partial charge in [-0.25, -0.2) is 9.50 Å². The summed E-state index contributed by atoms with van der Waals surface area (Å²) in [7, 11) is 4.37. The molecule has 3 heterocycles. The minimum absolute atomic E-state index is 0.304. The Labute approximate surface area is 133 Å². The van der Waals surface area contributed by atoms with Gasteiger partial charge in [0.05, 0.1) is 10.7 Å². The number of piperazine rings is 1. The zero-order valence-electron chi connectivity index (χ0n) is 12.6. The number of rotatable bonds is 3. The van der Waals surface area contributed by atoms with E-state index in [0.29, 0.717) is 12.1 Å². The summed E-state index contributed by atoms with van der Waals surface area (Å²) in [5.41, 5.74) is 0.983. The Bertz CT molecular complexity index is 627. The van der Waals surface area contributed by atoms with E-state index in [-0.39, 0.29) is 0 Å². The Balaban J connectivity index is 1.82. The first-order valence-corrected chi connectivity index (χ1v) is 7.98. The standard InChI is InChI=1S/C14H21BrN6/c1-10(12-9-19(2)6-7-20(12)3)18-14-13-11(15)8-17-21(13)5-4-16-14/h4-5,8,10,12H,6-7,9H2,1-3H3,(H,16,18). The molecule has 0 aromatic carbocycles. The van der Waals surface area contributed by atoms with Crippen LogP contribution in [0.25, 0.3) is 5.52 Å². The Morgan fingerprint density at radius 1 is 1.38 bits per heavy atom. The van der Waals surface area contributed by atoms with Crippen LogP contribution in [0.1, 0.15) is 6.92 Å². The normalized spacial score (nSPS) is 22.6. The van der Waals surface area contributed by atoms with Gasteiger partial charge in [-0.05, 0) is 36.9 Å². The van der Waals surface area contributed by atoms with Gasteiger partial charge in [-0.2, -0.15) is 5.10 Å². The SMILES string of the molecule is CC(Nc1nccn2ncc(Br)c12)C1CN(C)CCN1C. The highest BCUT2D eigenvalue weighted by Crippen LogP contribution is 2.24. The molecule has 0 amide bonds. The summed E-state index contributed by atoms with van der Waals surface area (Å²) in [6, 6.07) is 0.769. The molecule has 0 spiro atoms. The summed E-state index contributed by atoms with van der Waals surface area (Å²) < 4.78 is 2.79. The molecule has 0 aliphatic carbocycles. The monoisotopic (exact) mass is 352 g/mol. The van der Waals surface area contributed by atoms with Crippen LogP contribution in [0.2, 0.25) is 0 Å². The van der Waals surface area contributed by atoms with E-state index in [9.17, 15) is 0 Å². The number of fused-ring (bicyclic) bond motifs is 1. The fourth-order valence-corrected chi connectivity index (χ4v) is 3.37. The number of nitrogens with zero attached hydrogens (tertiary/aromatic N) is 5. The van der Waals surface area contributed by atoms with Crippen LogP contribution in [0.5, 0.6) is 0 Å². The average Bonchev–Trinajstić information content (AvgIpc) is 2.84. The van der Waals surface area contributed by atoms with Gasteiger partial charge in [0, 0.05) is 44.1 Å². The lowest BCUT2D eigenvalue weighted by Crippen LogP contribution is -2.56. The van der Waals surface area contributed by atoms with Gasteiger partial charge in [0.2, 0.25) is 0 Å². The number of nitrogens with one attached hydrogen (secondary N) is 1. The van der Waals surface area contributed by atoms with Crippen molar-refractivity contribution in [1.82, 2.24) is 24.4 Å². The van der Waals surface area contributed by atoms with Crippen LogP contribution in [-0.2, 0) is 0 Å². The molecule has 2 atom stereocenters. The molecule has 21 heavy (non-hydrogen) atoms. The maximum Gasteiger partial charge on any atom is 0.153 e. The van der Waals surface area contributed by atoms with Crippen molar-refractivity contribution in [2.45, 2.75) is 19.0 Å². The number of likely N-dealkylation sites (N-methyl/N-ethyl adjacent to an activating group) is 2. The molecule has 1 aliphatic rings. The Morgan fingerprint density at radius 2 is 2.19 bits per heavy atom. The largest absolute Gasteiger partial charge is 0.364 e. The Hall–Kier alpha value is -1.18. The summed E-state index contributed by atoms with van der Waals surface area (Å²) in [6.45, 7) is 5.51. The zero-order valence-corrected chi connectivity index (χ0v) is 14.2. The molecule has 2 aromatic rings. The van der Waals surface area contributed by atoms with Gasteiger partial charge in [0.1, 0.15) is 5.52 Å². The smallest absolute Gasteiger partial charge is 0.153 e. The minimum Gasteiger partial charge on any atom is -0.364 e. The van der Waals surface area contributed by atoms with Gasteiger partial charge in [0.25, 0.3) is 0 Å². The van der Waals surface area contributed by atoms with Crippen molar-refractivity contribution in [2.24, 2.45) is 0 Å².